The quantitative estimate of drug-likeness (QED) is 0.554. The molecule has 0 rings (SSSR count). The zero-order valence-electron chi connectivity index (χ0n) is 10.2. The molecule has 0 unspecified atom stereocenters. The van der Waals surface area contributed by atoms with Crippen molar-refractivity contribution in [1.82, 2.24) is 4.81 Å². The Balaban J connectivity index is 4.29. The number of nitrogens with zero attached hydrogens (tertiary/aromatic N) is 1. The van der Waals surface area contributed by atoms with E-state index in [1.165, 1.54) is 0 Å². The zero-order valence-corrected chi connectivity index (χ0v) is 10.2. The lowest BCUT2D eigenvalue weighted by atomic mass is 9.52. The van der Waals surface area contributed by atoms with E-state index in [0.29, 0.717) is 0 Å². The van der Waals surface area contributed by atoms with Crippen LogP contribution < -0.4 is 0 Å². The summed E-state index contributed by atoms with van der Waals surface area (Å²) in [6.07, 6.45) is 0.216. The summed E-state index contributed by atoms with van der Waals surface area (Å²) in [6, 6.07) is 0. The van der Waals surface area contributed by atoms with Crippen LogP contribution in [-0.4, -0.2) is 51.6 Å². The first kappa shape index (κ1) is 13.6. The monoisotopic (exact) mass is 195 g/mol. The highest BCUT2D eigenvalue weighted by Crippen LogP contribution is 2.25. The molecule has 0 bridgehead atoms. The van der Waals surface area contributed by atoms with E-state index < -0.39 is 5.97 Å². The van der Waals surface area contributed by atoms with E-state index >= 15 is 0 Å². The molecule has 3 nitrogen and oxygen atoms in total. The minimum absolute atomic E-state index is 0.0930. The van der Waals surface area contributed by atoms with Crippen LogP contribution in [0.3, 0.4) is 0 Å². The predicted octanol–water partition coefficient (Wildman–Crippen LogP) is -1.51. The maximum atomic E-state index is 10.6. The zero-order chi connectivity index (χ0) is 11.6. The average Bonchev–Trinajstić information content (AvgIpc) is 1.79. The number of rotatable bonds is 4. The number of hydrogen-bond acceptors (Lipinski definition) is 2. The first-order valence-corrected chi connectivity index (χ1v) is 4.98. The van der Waals surface area contributed by atoms with Gasteiger partial charge in [0.1, 0.15) is 15.7 Å². The van der Waals surface area contributed by atoms with Gasteiger partial charge in [-0.3, -0.25) is 4.79 Å². The van der Waals surface area contributed by atoms with Crippen molar-refractivity contribution < 1.29 is 9.90 Å². The molecule has 0 aliphatic heterocycles. The van der Waals surface area contributed by atoms with Crippen LogP contribution in [0, 0.1) is 0 Å². The van der Waals surface area contributed by atoms with Crippen LogP contribution in [0.4, 0.5) is 0 Å². The molecular formula is C8H20B3NO2. The summed E-state index contributed by atoms with van der Waals surface area (Å²) >= 11 is 0. The fraction of sp³-hybridized carbons (Fsp3) is 0.875. The highest BCUT2D eigenvalue weighted by molar-refractivity contribution is 6.41. The van der Waals surface area contributed by atoms with E-state index in [1.807, 2.05) is 23.7 Å². The second kappa shape index (κ2) is 4.43. The minimum atomic E-state index is -0.725. The smallest absolute Gasteiger partial charge is 0.302 e. The van der Waals surface area contributed by atoms with Gasteiger partial charge in [0.15, 0.2) is 7.98 Å². The largest absolute Gasteiger partial charge is 0.481 e. The fourth-order valence-corrected chi connectivity index (χ4v) is 1.34. The van der Waals surface area contributed by atoms with Gasteiger partial charge in [-0.05, 0) is 27.3 Å². The Bertz CT molecular complexity index is 213. The Hall–Kier alpha value is -0.375. The molecule has 0 aliphatic rings. The molecule has 0 heterocycles. The molecule has 0 saturated heterocycles. The van der Waals surface area contributed by atoms with Gasteiger partial charge in [0.05, 0.1) is 0 Å². The number of carboxylic acid groups (broad SMARTS) is 1. The molecule has 1 N–H and O–H groups in total. The third-order valence-corrected chi connectivity index (χ3v) is 2.44. The second-order valence-electron chi connectivity index (χ2n) is 5.76. The molecule has 0 fully saturated rings. The Kier molecular flexibility index (Phi) is 4.31. The summed E-state index contributed by atoms with van der Waals surface area (Å²) in [6.45, 7) is 7.18. The summed E-state index contributed by atoms with van der Waals surface area (Å²) in [5, 5.41) is 8.57. The first-order valence-electron chi connectivity index (χ1n) is 4.98. The van der Waals surface area contributed by atoms with Crippen molar-refractivity contribution in [3.63, 3.8) is 0 Å². The Labute approximate surface area is 89.5 Å². The third-order valence-electron chi connectivity index (χ3n) is 2.44. The SMILES string of the molecule is BN(CC(B)(B)CC(=O)O)C(C)(C)C. The van der Waals surface area contributed by atoms with Gasteiger partial charge < -0.3 is 9.92 Å². The molecule has 0 spiro atoms. The van der Waals surface area contributed by atoms with Gasteiger partial charge in [-0.2, -0.15) is 0 Å². The van der Waals surface area contributed by atoms with Crippen molar-refractivity contribution in [3.8, 4) is 0 Å². The molecule has 0 radical (unpaired) electrons. The van der Waals surface area contributed by atoms with E-state index in [9.17, 15) is 4.79 Å². The lowest BCUT2D eigenvalue weighted by Gasteiger charge is -2.38. The first-order chi connectivity index (χ1) is 6.04. The Morgan fingerprint density at radius 3 is 2.07 bits per heavy atom. The summed E-state index contributed by atoms with van der Waals surface area (Å²) in [5.74, 6) is -0.725. The fourth-order valence-electron chi connectivity index (χ4n) is 1.34. The van der Waals surface area contributed by atoms with Gasteiger partial charge >= 0.3 is 5.97 Å². The molecule has 0 aromatic heterocycles. The lowest BCUT2D eigenvalue weighted by molar-refractivity contribution is -0.137. The molecule has 78 valence electrons. The van der Waals surface area contributed by atoms with E-state index in [1.54, 1.807) is 0 Å². The highest BCUT2D eigenvalue weighted by atomic mass is 16.4. The van der Waals surface area contributed by atoms with Crippen molar-refractivity contribution in [1.29, 1.82) is 0 Å². The van der Waals surface area contributed by atoms with Crippen molar-refractivity contribution >= 4 is 29.6 Å². The van der Waals surface area contributed by atoms with E-state index in [0.717, 1.165) is 6.54 Å². The number of hydrogen-bond donors (Lipinski definition) is 1. The van der Waals surface area contributed by atoms with E-state index in [2.05, 4.69) is 25.6 Å². The summed E-state index contributed by atoms with van der Waals surface area (Å²) in [5.41, 5.74) is 0.0930. The summed E-state index contributed by atoms with van der Waals surface area (Å²) in [7, 11) is 6.01. The molecule has 0 amide bonds. The van der Waals surface area contributed by atoms with Crippen LogP contribution in [-0.2, 0) is 4.79 Å². The van der Waals surface area contributed by atoms with Crippen molar-refractivity contribution in [2.24, 2.45) is 0 Å². The minimum Gasteiger partial charge on any atom is -0.481 e. The van der Waals surface area contributed by atoms with Crippen molar-refractivity contribution in [3.05, 3.63) is 0 Å². The molecule has 0 saturated carbocycles. The topological polar surface area (TPSA) is 40.5 Å². The van der Waals surface area contributed by atoms with Crippen LogP contribution in [0.1, 0.15) is 27.2 Å². The maximum absolute atomic E-state index is 10.6. The molecule has 0 aromatic carbocycles. The van der Waals surface area contributed by atoms with Gasteiger partial charge in [0.2, 0.25) is 0 Å². The number of aliphatic carboxylic acids is 1. The summed E-state index contributed by atoms with van der Waals surface area (Å²) in [4.78, 5) is 12.8. The van der Waals surface area contributed by atoms with E-state index in [4.69, 9.17) is 5.11 Å². The van der Waals surface area contributed by atoms with Gasteiger partial charge in [-0.25, -0.2) is 0 Å². The standard InChI is InChI=1S/C8H20B3NO2/c1-7(2,3)12(11)5-8(9,10)4-6(13)14/h4-5,9-11H2,1-3H3,(H,13,14). The van der Waals surface area contributed by atoms with Crippen molar-refractivity contribution in [2.45, 2.75) is 37.9 Å². The molecular weight excluding hydrogens is 175 g/mol. The molecule has 0 aliphatic carbocycles. The van der Waals surface area contributed by atoms with Gasteiger partial charge in [-0.1, -0.05) is 5.21 Å². The van der Waals surface area contributed by atoms with Crippen LogP contribution >= 0.6 is 0 Å². The van der Waals surface area contributed by atoms with Gasteiger partial charge in [0, 0.05) is 12.0 Å². The van der Waals surface area contributed by atoms with Crippen LogP contribution in [0.5, 0.6) is 0 Å². The maximum Gasteiger partial charge on any atom is 0.302 e. The van der Waals surface area contributed by atoms with Gasteiger partial charge in [-0.15, -0.1) is 0 Å². The molecule has 14 heavy (non-hydrogen) atoms. The van der Waals surface area contributed by atoms with E-state index in [-0.39, 0.29) is 17.2 Å². The Morgan fingerprint density at radius 1 is 1.36 bits per heavy atom. The lowest BCUT2D eigenvalue weighted by Crippen LogP contribution is -2.44. The highest BCUT2D eigenvalue weighted by Gasteiger charge is 2.27. The molecule has 0 atom stereocenters. The molecule has 6 heteroatoms. The van der Waals surface area contributed by atoms with Crippen LogP contribution in [0.25, 0.3) is 0 Å². The normalized spacial score (nSPS) is 13.1. The third kappa shape index (κ3) is 5.38. The average molecular weight is 195 g/mol. The predicted molar refractivity (Wildman–Crippen MR) is 67.0 cm³/mol. The van der Waals surface area contributed by atoms with Crippen LogP contribution in [0.15, 0.2) is 0 Å². The van der Waals surface area contributed by atoms with Gasteiger partial charge in [0.25, 0.3) is 0 Å². The van der Waals surface area contributed by atoms with Crippen LogP contribution in [0.2, 0.25) is 5.21 Å². The second-order valence-corrected chi connectivity index (χ2v) is 5.76. The summed E-state index contributed by atoms with van der Waals surface area (Å²) < 4.78 is 0. The number of carbonyl (C=O) groups is 1. The molecule has 0 aromatic rings. The Morgan fingerprint density at radius 2 is 1.79 bits per heavy atom. The number of carboxylic acids is 1. The van der Waals surface area contributed by atoms with Crippen molar-refractivity contribution in [2.75, 3.05) is 6.54 Å².